The van der Waals surface area contributed by atoms with E-state index in [1.54, 1.807) is 67.0 Å². The van der Waals surface area contributed by atoms with E-state index in [0.29, 0.717) is 34.3 Å². The quantitative estimate of drug-likeness (QED) is 0.570. The lowest BCUT2D eigenvalue weighted by atomic mass is 10.1. The van der Waals surface area contributed by atoms with Gasteiger partial charge >= 0.3 is 0 Å². The molecule has 156 valence electrons. The summed E-state index contributed by atoms with van der Waals surface area (Å²) in [4.78, 5) is 28.3. The van der Waals surface area contributed by atoms with Crippen molar-refractivity contribution in [2.24, 2.45) is 0 Å². The third-order valence-corrected chi connectivity index (χ3v) is 4.78. The largest absolute Gasteiger partial charge is 0.454 e. The number of rotatable bonds is 6. The Kier molecular flexibility index (Phi) is 6.14. The fourth-order valence-electron chi connectivity index (χ4n) is 2.92. The SMILES string of the molecule is O=C(/C=C/c1cc(Cl)c2c(c1)OCO2)NCc1ccc(C(=O)Nc2ccncc2)cc1. The average molecular weight is 436 g/mol. The van der Waals surface area contributed by atoms with Gasteiger partial charge in [-0.3, -0.25) is 14.6 Å². The first-order valence-electron chi connectivity index (χ1n) is 9.44. The van der Waals surface area contributed by atoms with Crippen LogP contribution in [-0.2, 0) is 11.3 Å². The van der Waals surface area contributed by atoms with Gasteiger partial charge in [0, 0.05) is 36.3 Å². The van der Waals surface area contributed by atoms with Gasteiger partial charge in [0.05, 0.1) is 5.02 Å². The van der Waals surface area contributed by atoms with Crippen LogP contribution < -0.4 is 20.1 Å². The summed E-state index contributed by atoms with van der Waals surface area (Å²) in [5.74, 6) is 0.599. The van der Waals surface area contributed by atoms with E-state index in [4.69, 9.17) is 21.1 Å². The number of carbonyl (C=O) groups excluding carboxylic acids is 2. The third-order valence-electron chi connectivity index (χ3n) is 4.50. The summed E-state index contributed by atoms with van der Waals surface area (Å²) < 4.78 is 10.6. The van der Waals surface area contributed by atoms with Crippen molar-refractivity contribution in [2.45, 2.75) is 6.54 Å². The normalized spacial score (nSPS) is 12.0. The number of halogens is 1. The first-order valence-corrected chi connectivity index (χ1v) is 9.82. The molecule has 0 unspecified atom stereocenters. The molecule has 0 saturated carbocycles. The monoisotopic (exact) mass is 435 g/mol. The van der Waals surface area contributed by atoms with Gasteiger partial charge in [0.15, 0.2) is 11.5 Å². The Balaban J connectivity index is 1.30. The van der Waals surface area contributed by atoms with E-state index < -0.39 is 0 Å². The molecule has 2 aromatic carbocycles. The Labute approximate surface area is 183 Å². The number of anilines is 1. The van der Waals surface area contributed by atoms with Crippen molar-refractivity contribution < 1.29 is 19.1 Å². The number of benzene rings is 2. The molecule has 0 aliphatic carbocycles. The summed E-state index contributed by atoms with van der Waals surface area (Å²) in [5, 5.41) is 6.03. The van der Waals surface area contributed by atoms with Crippen LogP contribution in [0.4, 0.5) is 5.69 Å². The minimum Gasteiger partial charge on any atom is -0.454 e. The van der Waals surface area contributed by atoms with E-state index in [2.05, 4.69) is 15.6 Å². The van der Waals surface area contributed by atoms with Crippen molar-refractivity contribution in [3.63, 3.8) is 0 Å². The van der Waals surface area contributed by atoms with E-state index in [1.807, 2.05) is 0 Å². The number of carbonyl (C=O) groups is 2. The lowest BCUT2D eigenvalue weighted by Gasteiger charge is -2.07. The molecule has 7 nitrogen and oxygen atoms in total. The Morgan fingerprint density at radius 1 is 1.06 bits per heavy atom. The highest BCUT2D eigenvalue weighted by atomic mass is 35.5. The number of ether oxygens (including phenoxy) is 2. The zero-order chi connectivity index (χ0) is 21.6. The van der Waals surface area contributed by atoms with Crippen LogP contribution in [0.5, 0.6) is 11.5 Å². The van der Waals surface area contributed by atoms with Gasteiger partial charge < -0.3 is 20.1 Å². The topological polar surface area (TPSA) is 89.5 Å². The van der Waals surface area contributed by atoms with Crippen LogP contribution in [0, 0.1) is 0 Å². The molecule has 0 spiro atoms. The van der Waals surface area contributed by atoms with Crippen LogP contribution in [0.3, 0.4) is 0 Å². The predicted molar refractivity (Wildman–Crippen MR) is 117 cm³/mol. The fourth-order valence-corrected chi connectivity index (χ4v) is 3.19. The lowest BCUT2D eigenvalue weighted by Crippen LogP contribution is -2.20. The van der Waals surface area contributed by atoms with Crippen molar-refractivity contribution in [3.05, 3.63) is 88.7 Å². The minimum absolute atomic E-state index is 0.132. The molecular formula is C23H18ClN3O4. The first kappa shape index (κ1) is 20.4. The molecular weight excluding hydrogens is 418 g/mol. The molecule has 0 bridgehead atoms. The van der Waals surface area contributed by atoms with Gasteiger partial charge in [-0.25, -0.2) is 0 Å². The summed E-state index contributed by atoms with van der Waals surface area (Å²) in [7, 11) is 0. The fraction of sp³-hybridized carbons (Fsp3) is 0.0870. The van der Waals surface area contributed by atoms with Crippen LogP contribution in [-0.4, -0.2) is 23.6 Å². The smallest absolute Gasteiger partial charge is 0.255 e. The first-order chi connectivity index (χ1) is 15.1. The minimum atomic E-state index is -0.256. The highest BCUT2D eigenvalue weighted by molar-refractivity contribution is 6.32. The highest BCUT2D eigenvalue weighted by Crippen LogP contribution is 2.40. The van der Waals surface area contributed by atoms with E-state index in [9.17, 15) is 9.59 Å². The summed E-state index contributed by atoms with van der Waals surface area (Å²) in [6.45, 7) is 0.463. The number of nitrogens with zero attached hydrogens (tertiary/aromatic N) is 1. The molecule has 31 heavy (non-hydrogen) atoms. The van der Waals surface area contributed by atoms with Gasteiger partial charge in [0.2, 0.25) is 12.7 Å². The molecule has 0 radical (unpaired) electrons. The maximum atomic E-state index is 12.3. The van der Waals surface area contributed by atoms with E-state index >= 15 is 0 Å². The number of nitrogens with one attached hydrogen (secondary N) is 2. The van der Waals surface area contributed by atoms with Crippen LogP contribution in [0.2, 0.25) is 5.02 Å². The molecule has 1 aliphatic rings. The number of pyridine rings is 1. The van der Waals surface area contributed by atoms with Gasteiger partial charge in [0.25, 0.3) is 5.91 Å². The second kappa shape index (κ2) is 9.32. The van der Waals surface area contributed by atoms with Gasteiger partial charge in [-0.2, -0.15) is 0 Å². The van der Waals surface area contributed by atoms with Gasteiger partial charge in [0.1, 0.15) is 0 Å². The molecule has 0 atom stereocenters. The van der Waals surface area contributed by atoms with Crippen LogP contribution >= 0.6 is 11.6 Å². The molecule has 4 rings (SSSR count). The van der Waals surface area contributed by atoms with Crippen LogP contribution in [0.25, 0.3) is 6.08 Å². The zero-order valence-electron chi connectivity index (χ0n) is 16.3. The number of hydrogen-bond acceptors (Lipinski definition) is 5. The average Bonchev–Trinajstić information content (AvgIpc) is 3.27. The number of aromatic nitrogens is 1. The predicted octanol–water partition coefficient (Wildman–Crippen LogP) is 4.05. The third kappa shape index (κ3) is 5.21. The summed E-state index contributed by atoms with van der Waals surface area (Å²) in [5.41, 5.74) is 2.79. The van der Waals surface area contributed by atoms with Crippen LogP contribution in [0.15, 0.2) is 67.0 Å². The van der Waals surface area contributed by atoms with E-state index in [0.717, 1.165) is 11.1 Å². The van der Waals surface area contributed by atoms with Gasteiger partial charge in [-0.15, -0.1) is 0 Å². The Hall–Kier alpha value is -3.84. The second-order valence-corrected chi connectivity index (χ2v) is 7.08. The molecule has 3 aromatic rings. The molecule has 8 heteroatoms. The molecule has 2 amide bonds. The molecule has 2 N–H and O–H groups in total. The second-order valence-electron chi connectivity index (χ2n) is 6.67. The number of amides is 2. The molecule has 2 heterocycles. The standard InChI is InChI=1S/C23H18ClN3O4/c24-19-11-16(12-20-22(19)31-14-30-20)3-6-21(28)26-13-15-1-4-17(5-2-15)23(29)27-18-7-9-25-10-8-18/h1-12H,13-14H2,(H,26,28)(H,25,27,29)/b6-3+. The zero-order valence-corrected chi connectivity index (χ0v) is 17.1. The lowest BCUT2D eigenvalue weighted by molar-refractivity contribution is -0.116. The van der Waals surface area contributed by atoms with Gasteiger partial charge in [-0.1, -0.05) is 23.7 Å². The van der Waals surface area contributed by atoms with Crippen molar-refractivity contribution in [2.75, 3.05) is 12.1 Å². The number of hydrogen-bond donors (Lipinski definition) is 2. The summed E-state index contributed by atoms with van der Waals surface area (Å²) in [6, 6.07) is 13.9. The number of fused-ring (bicyclic) bond motifs is 1. The maximum Gasteiger partial charge on any atom is 0.255 e. The molecule has 1 aromatic heterocycles. The van der Waals surface area contributed by atoms with Crippen molar-refractivity contribution in [1.82, 2.24) is 10.3 Å². The van der Waals surface area contributed by atoms with Gasteiger partial charge in [-0.05, 0) is 53.6 Å². The van der Waals surface area contributed by atoms with Crippen molar-refractivity contribution >= 4 is 35.2 Å². The maximum absolute atomic E-state index is 12.3. The molecule has 0 fully saturated rings. The van der Waals surface area contributed by atoms with Crippen molar-refractivity contribution in [1.29, 1.82) is 0 Å². The van der Waals surface area contributed by atoms with Crippen molar-refractivity contribution in [3.8, 4) is 11.5 Å². The van der Waals surface area contributed by atoms with E-state index in [-0.39, 0.29) is 18.6 Å². The van der Waals surface area contributed by atoms with Crippen LogP contribution in [0.1, 0.15) is 21.5 Å². The Bertz CT molecular complexity index is 1130. The summed E-state index contributed by atoms with van der Waals surface area (Å²) in [6.07, 6.45) is 6.29. The molecule has 0 saturated heterocycles. The Morgan fingerprint density at radius 3 is 2.61 bits per heavy atom. The Morgan fingerprint density at radius 2 is 1.84 bits per heavy atom. The molecule has 1 aliphatic heterocycles. The summed E-state index contributed by atoms with van der Waals surface area (Å²) >= 11 is 6.14. The van der Waals surface area contributed by atoms with E-state index in [1.165, 1.54) is 6.08 Å². The highest BCUT2D eigenvalue weighted by Gasteiger charge is 2.17.